The molecule has 2 aromatic heterocycles. The maximum atomic E-state index is 13.1. The van der Waals surface area contributed by atoms with Gasteiger partial charge in [-0.3, -0.25) is 4.90 Å². The van der Waals surface area contributed by atoms with E-state index in [2.05, 4.69) is 27.0 Å². The van der Waals surface area contributed by atoms with Crippen LogP contribution in [0.3, 0.4) is 0 Å². The largest absolute Gasteiger partial charge is 0.331 e. The van der Waals surface area contributed by atoms with Crippen molar-refractivity contribution in [3.8, 4) is 5.00 Å². The summed E-state index contributed by atoms with van der Waals surface area (Å²) in [6, 6.07) is 9.35. The molecule has 0 saturated heterocycles. The third-order valence-electron chi connectivity index (χ3n) is 5.33. The molecule has 2 amide bonds. The highest BCUT2D eigenvalue weighted by atomic mass is 32.1. The molecule has 152 valence electrons. The number of thiophene rings is 1. The first kappa shape index (κ1) is 19.7. The summed E-state index contributed by atoms with van der Waals surface area (Å²) in [5, 5.41) is 7.00. The van der Waals surface area contributed by atoms with Gasteiger partial charge in [-0.25, -0.2) is 9.18 Å². The molecule has 1 atom stereocenters. The van der Waals surface area contributed by atoms with Crippen LogP contribution < -0.4 is 10.6 Å². The number of carbonyl (C=O) groups excluding carboxylic acids is 1. The van der Waals surface area contributed by atoms with Crippen molar-refractivity contribution >= 4 is 23.1 Å². The van der Waals surface area contributed by atoms with Gasteiger partial charge < -0.3 is 15.2 Å². The van der Waals surface area contributed by atoms with Crippen LogP contribution in [0.2, 0.25) is 0 Å². The van der Waals surface area contributed by atoms with Crippen LogP contribution in [0, 0.1) is 5.82 Å². The summed E-state index contributed by atoms with van der Waals surface area (Å²) in [5.74, 6) is -0.327. The van der Waals surface area contributed by atoms with Crippen LogP contribution in [0.15, 0.2) is 48.8 Å². The molecule has 0 aliphatic carbocycles. The van der Waals surface area contributed by atoms with Crippen LogP contribution in [0.4, 0.5) is 14.9 Å². The van der Waals surface area contributed by atoms with Crippen LogP contribution in [0.25, 0.3) is 5.00 Å². The monoisotopic (exact) mass is 412 g/mol. The number of amides is 2. The zero-order valence-corrected chi connectivity index (χ0v) is 17.4. The molecule has 7 heteroatoms. The Morgan fingerprint density at radius 1 is 1.24 bits per heavy atom. The quantitative estimate of drug-likeness (QED) is 0.624. The standard InChI is InChI=1S/C22H25FN4OS/c1-3-26-13-10-18-19(14-26)29-21(27-11-4-5-12-27)20(18)15(2)24-22(28)25-17-8-6-16(23)7-9-17/h4-9,11-12,15H,3,10,13-14H2,1-2H3,(H2,24,25,28). The van der Waals surface area contributed by atoms with E-state index >= 15 is 0 Å². The smallest absolute Gasteiger partial charge is 0.319 e. The number of aromatic nitrogens is 1. The maximum absolute atomic E-state index is 13.1. The number of likely N-dealkylation sites (N-methyl/N-ethyl adjacent to an activating group) is 1. The summed E-state index contributed by atoms with van der Waals surface area (Å²) in [7, 11) is 0. The Bertz CT molecular complexity index is 981. The van der Waals surface area contributed by atoms with Gasteiger partial charge in [0.1, 0.15) is 10.8 Å². The highest BCUT2D eigenvalue weighted by molar-refractivity contribution is 7.15. The molecule has 3 aromatic rings. The van der Waals surface area contributed by atoms with Gasteiger partial charge in [0.05, 0.1) is 6.04 Å². The molecule has 1 aliphatic heterocycles. The molecule has 0 radical (unpaired) electrons. The fraction of sp³-hybridized carbons (Fsp3) is 0.318. The molecule has 0 bridgehead atoms. The highest BCUT2D eigenvalue weighted by Crippen LogP contribution is 2.39. The first-order chi connectivity index (χ1) is 14.0. The van der Waals surface area contributed by atoms with Crippen molar-refractivity contribution < 1.29 is 9.18 Å². The number of nitrogens with one attached hydrogen (secondary N) is 2. The van der Waals surface area contributed by atoms with Gasteiger partial charge in [-0.15, -0.1) is 11.3 Å². The molecule has 1 aliphatic rings. The molecule has 4 rings (SSSR count). The first-order valence-electron chi connectivity index (χ1n) is 9.88. The minimum atomic E-state index is -0.327. The van der Waals surface area contributed by atoms with Crippen molar-refractivity contribution in [3.63, 3.8) is 0 Å². The third-order valence-corrected chi connectivity index (χ3v) is 6.57. The van der Waals surface area contributed by atoms with E-state index in [0.717, 1.165) is 31.1 Å². The number of hydrogen-bond acceptors (Lipinski definition) is 3. The van der Waals surface area contributed by atoms with Crippen LogP contribution in [-0.4, -0.2) is 28.6 Å². The fourth-order valence-electron chi connectivity index (χ4n) is 3.81. The van der Waals surface area contributed by atoms with Crippen molar-refractivity contribution in [2.75, 3.05) is 18.4 Å². The molecule has 0 saturated carbocycles. The number of benzene rings is 1. The van der Waals surface area contributed by atoms with E-state index in [0.29, 0.717) is 5.69 Å². The van der Waals surface area contributed by atoms with Crippen LogP contribution >= 0.6 is 11.3 Å². The van der Waals surface area contributed by atoms with Gasteiger partial charge in [0, 0.05) is 41.6 Å². The number of rotatable bonds is 5. The predicted octanol–water partition coefficient (Wildman–Crippen LogP) is 4.94. The summed E-state index contributed by atoms with van der Waals surface area (Å²) in [5.41, 5.74) is 3.11. The molecule has 1 unspecified atom stereocenters. The lowest BCUT2D eigenvalue weighted by molar-refractivity contribution is 0.249. The summed E-state index contributed by atoms with van der Waals surface area (Å²) in [6.45, 7) is 7.24. The Labute approximate surface area is 174 Å². The lowest BCUT2D eigenvalue weighted by Crippen LogP contribution is -2.33. The number of nitrogens with zero attached hydrogens (tertiary/aromatic N) is 2. The first-order valence-corrected chi connectivity index (χ1v) is 10.7. The van der Waals surface area contributed by atoms with Gasteiger partial charge in [0.25, 0.3) is 0 Å². The van der Waals surface area contributed by atoms with Crippen LogP contribution in [0.5, 0.6) is 0 Å². The molecule has 1 aromatic carbocycles. The van der Waals surface area contributed by atoms with E-state index in [1.807, 2.05) is 42.8 Å². The number of urea groups is 1. The summed E-state index contributed by atoms with van der Waals surface area (Å²) >= 11 is 1.81. The molecule has 5 nitrogen and oxygen atoms in total. The third kappa shape index (κ3) is 4.21. The Hall–Kier alpha value is -2.64. The van der Waals surface area contributed by atoms with Crippen molar-refractivity contribution in [2.24, 2.45) is 0 Å². The van der Waals surface area contributed by atoms with E-state index in [1.54, 1.807) is 12.1 Å². The number of hydrogen-bond donors (Lipinski definition) is 2. The van der Waals surface area contributed by atoms with Gasteiger partial charge in [-0.1, -0.05) is 6.92 Å². The van der Waals surface area contributed by atoms with E-state index in [9.17, 15) is 9.18 Å². The van der Waals surface area contributed by atoms with E-state index < -0.39 is 0 Å². The zero-order chi connectivity index (χ0) is 20.4. The second-order valence-electron chi connectivity index (χ2n) is 7.26. The molecule has 3 heterocycles. The summed E-state index contributed by atoms with van der Waals surface area (Å²) in [6.07, 6.45) is 5.08. The summed E-state index contributed by atoms with van der Waals surface area (Å²) < 4.78 is 15.2. The van der Waals surface area contributed by atoms with Crippen LogP contribution in [-0.2, 0) is 13.0 Å². The number of fused-ring (bicyclic) bond motifs is 1. The minimum Gasteiger partial charge on any atom is -0.331 e. The van der Waals surface area contributed by atoms with Crippen molar-refractivity contribution in [1.82, 2.24) is 14.8 Å². The normalized spacial score (nSPS) is 15.0. The SMILES string of the molecule is CCN1CCc2c(sc(-n3cccc3)c2C(C)NC(=O)Nc2ccc(F)cc2)C1. The highest BCUT2D eigenvalue weighted by Gasteiger charge is 2.27. The van der Waals surface area contributed by atoms with Gasteiger partial charge >= 0.3 is 6.03 Å². The fourth-order valence-corrected chi connectivity index (χ4v) is 5.27. The topological polar surface area (TPSA) is 49.3 Å². The Morgan fingerprint density at radius 2 is 1.97 bits per heavy atom. The van der Waals surface area contributed by atoms with Crippen molar-refractivity contribution in [3.05, 3.63) is 70.6 Å². The van der Waals surface area contributed by atoms with Gasteiger partial charge in [-0.2, -0.15) is 0 Å². The lowest BCUT2D eigenvalue weighted by Gasteiger charge is -2.26. The molecule has 0 fully saturated rings. The van der Waals surface area contributed by atoms with Gasteiger partial charge in [-0.05, 0) is 61.9 Å². The maximum Gasteiger partial charge on any atom is 0.319 e. The average molecular weight is 413 g/mol. The van der Waals surface area contributed by atoms with E-state index in [4.69, 9.17) is 0 Å². The Morgan fingerprint density at radius 3 is 2.66 bits per heavy atom. The van der Waals surface area contributed by atoms with Gasteiger partial charge in [0.2, 0.25) is 0 Å². The van der Waals surface area contributed by atoms with Gasteiger partial charge in [0.15, 0.2) is 0 Å². The molecular formula is C22H25FN4OS. The number of carbonyl (C=O) groups is 1. The molecule has 0 spiro atoms. The van der Waals surface area contributed by atoms with Crippen molar-refractivity contribution in [2.45, 2.75) is 32.9 Å². The van der Waals surface area contributed by atoms with E-state index in [1.165, 1.54) is 28.1 Å². The molecule has 29 heavy (non-hydrogen) atoms. The minimum absolute atomic E-state index is 0.152. The second kappa shape index (κ2) is 8.39. The summed E-state index contributed by atoms with van der Waals surface area (Å²) in [4.78, 5) is 16.4. The second-order valence-corrected chi connectivity index (χ2v) is 8.34. The predicted molar refractivity (Wildman–Crippen MR) is 115 cm³/mol. The molecule has 2 N–H and O–H groups in total. The zero-order valence-electron chi connectivity index (χ0n) is 16.6. The average Bonchev–Trinajstić information content (AvgIpc) is 3.36. The lowest BCUT2D eigenvalue weighted by atomic mass is 9.98. The number of anilines is 1. The number of halogens is 1. The van der Waals surface area contributed by atoms with Crippen LogP contribution in [0.1, 0.15) is 35.9 Å². The molecular weight excluding hydrogens is 387 g/mol. The Kier molecular flexibility index (Phi) is 5.69. The van der Waals surface area contributed by atoms with E-state index in [-0.39, 0.29) is 17.9 Å². The van der Waals surface area contributed by atoms with Crippen molar-refractivity contribution in [1.29, 1.82) is 0 Å². The Balaban J connectivity index is 1.58.